The summed E-state index contributed by atoms with van der Waals surface area (Å²) in [6, 6.07) is 12.2. The Kier molecular flexibility index (Phi) is 6.56. The average Bonchev–Trinajstić information content (AvgIpc) is 3.19. The second-order valence-electron chi connectivity index (χ2n) is 7.23. The fourth-order valence-corrected chi connectivity index (χ4v) is 3.52. The summed E-state index contributed by atoms with van der Waals surface area (Å²) in [6.45, 7) is 1.87. The molecular weight excluding hydrogens is 462 g/mol. The second kappa shape index (κ2) is 9.72. The largest absolute Gasteiger partial charge is 0.378 e. The van der Waals surface area contributed by atoms with E-state index >= 15 is 0 Å². The average molecular weight is 481 g/mol. The number of nitro benzene ring substituents is 1. The topological polar surface area (TPSA) is 156 Å². The van der Waals surface area contributed by atoms with Gasteiger partial charge in [-0.1, -0.05) is 12.1 Å². The van der Waals surface area contributed by atoms with Crippen molar-refractivity contribution in [2.45, 2.75) is 0 Å². The van der Waals surface area contributed by atoms with Crippen LogP contribution in [0, 0.1) is 10.1 Å². The molecule has 34 heavy (non-hydrogen) atoms. The van der Waals surface area contributed by atoms with Crippen LogP contribution in [0.25, 0.3) is 0 Å². The first kappa shape index (κ1) is 22.9. The Labute approximate surface area is 198 Å². The van der Waals surface area contributed by atoms with Gasteiger partial charge in [0.25, 0.3) is 11.6 Å². The van der Waals surface area contributed by atoms with Crippen molar-refractivity contribution in [3.63, 3.8) is 0 Å². The van der Waals surface area contributed by atoms with Crippen LogP contribution in [0.15, 0.2) is 58.7 Å². The van der Waals surface area contributed by atoms with E-state index in [2.05, 4.69) is 15.6 Å². The maximum Gasteiger partial charge on any atom is 0.303 e. The molecule has 0 aromatic heterocycles. The lowest BCUT2D eigenvalue weighted by Gasteiger charge is -2.27. The van der Waals surface area contributed by atoms with Crippen LogP contribution in [0.1, 0.15) is 15.9 Å². The molecule has 2 amide bonds. The third-order valence-corrected chi connectivity index (χ3v) is 5.30. The normalized spacial score (nSPS) is 17.0. The summed E-state index contributed by atoms with van der Waals surface area (Å²) in [7, 11) is 0. The van der Waals surface area contributed by atoms with E-state index in [1.54, 1.807) is 29.2 Å². The van der Waals surface area contributed by atoms with Crippen molar-refractivity contribution >= 4 is 51.9 Å². The number of hydrazone groups is 2. The highest BCUT2D eigenvalue weighted by Gasteiger charge is 2.35. The fourth-order valence-electron chi connectivity index (χ4n) is 3.40. The molecule has 4 rings (SSSR count). The number of rotatable bonds is 5. The van der Waals surface area contributed by atoms with Crippen molar-refractivity contribution in [3.8, 4) is 0 Å². The van der Waals surface area contributed by atoms with Gasteiger partial charge in [0, 0.05) is 30.8 Å². The second-order valence-corrected chi connectivity index (χ2v) is 7.65. The Balaban J connectivity index is 1.65. The molecule has 12 nitrogen and oxygen atoms in total. The van der Waals surface area contributed by atoms with Gasteiger partial charge in [0.05, 0.1) is 29.4 Å². The highest BCUT2D eigenvalue weighted by Crippen LogP contribution is 2.21. The molecule has 0 spiro atoms. The number of non-ortho nitro benzene ring substituents is 1. The number of amides is 2. The number of carbonyl (C=O) groups excluding carboxylic acids is 2. The number of para-hydroxylation sites is 1. The van der Waals surface area contributed by atoms with Crippen molar-refractivity contribution in [2.24, 2.45) is 15.9 Å². The molecule has 1 fully saturated rings. The molecule has 174 valence electrons. The summed E-state index contributed by atoms with van der Waals surface area (Å²) < 4.78 is 5.30. The van der Waals surface area contributed by atoms with Gasteiger partial charge in [0.15, 0.2) is 10.8 Å². The first-order valence-electron chi connectivity index (χ1n) is 10.1. The molecule has 0 aliphatic carbocycles. The van der Waals surface area contributed by atoms with Gasteiger partial charge in [-0.3, -0.25) is 25.1 Å². The van der Waals surface area contributed by atoms with E-state index in [1.165, 1.54) is 24.3 Å². The van der Waals surface area contributed by atoms with Crippen LogP contribution < -0.4 is 11.2 Å². The lowest BCUT2D eigenvalue weighted by Crippen LogP contribution is -2.40. The Bertz CT molecular complexity index is 1220. The molecule has 0 atom stereocenters. The molecule has 2 aliphatic rings. The number of anilines is 1. The minimum absolute atomic E-state index is 0.115. The zero-order valence-corrected chi connectivity index (χ0v) is 18.5. The summed E-state index contributed by atoms with van der Waals surface area (Å²) in [5, 5.41) is 19.8. The van der Waals surface area contributed by atoms with E-state index in [9.17, 15) is 19.7 Å². The minimum Gasteiger partial charge on any atom is -0.378 e. The molecule has 0 unspecified atom stereocenters. The predicted molar refractivity (Wildman–Crippen MR) is 127 cm³/mol. The van der Waals surface area contributed by atoms with Crippen molar-refractivity contribution in [2.75, 3.05) is 31.7 Å². The Morgan fingerprint density at radius 3 is 2.50 bits per heavy atom. The van der Waals surface area contributed by atoms with Crippen molar-refractivity contribution in [1.82, 2.24) is 9.91 Å². The molecule has 0 saturated carbocycles. The van der Waals surface area contributed by atoms with Gasteiger partial charge in [0.1, 0.15) is 5.71 Å². The van der Waals surface area contributed by atoms with Crippen molar-refractivity contribution in [1.29, 1.82) is 0 Å². The van der Waals surface area contributed by atoms with Crippen LogP contribution in [-0.4, -0.2) is 69.5 Å². The molecule has 2 heterocycles. The van der Waals surface area contributed by atoms with Crippen LogP contribution >= 0.6 is 12.2 Å². The van der Waals surface area contributed by atoms with Crippen LogP contribution in [-0.2, 0) is 9.53 Å². The number of nitrogens with zero attached hydrogens (tertiary/aromatic N) is 5. The number of carbonyl (C=O) groups is 2. The maximum atomic E-state index is 13.0. The van der Waals surface area contributed by atoms with E-state index in [-0.39, 0.29) is 28.1 Å². The monoisotopic (exact) mass is 481 g/mol. The number of benzene rings is 2. The minimum atomic E-state index is -0.676. The van der Waals surface area contributed by atoms with Gasteiger partial charge in [-0.25, -0.2) is 0 Å². The van der Waals surface area contributed by atoms with Crippen LogP contribution in [0.3, 0.4) is 0 Å². The fraction of sp³-hybridized carbons (Fsp3) is 0.190. The van der Waals surface area contributed by atoms with Crippen LogP contribution in [0.4, 0.5) is 11.4 Å². The summed E-state index contributed by atoms with van der Waals surface area (Å²) >= 11 is 4.90. The number of morpholine rings is 1. The number of hydrogen-bond donors (Lipinski definition) is 2. The first-order chi connectivity index (χ1) is 16.4. The third-order valence-electron chi connectivity index (χ3n) is 5.12. The van der Waals surface area contributed by atoms with Crippen LogP contribution in [0.5, 0.6) is 0 Å². The Morgan fingerprint density at radius 2 is 1.85 bits per heavy atom. The lowest BCUT2D eigenvalue weighted by molar-refractivity contribution is -0.384. The smallest absolute Gasteiger partial charge is 0.303 e. The number of nitrogens with two attached hydrogens (primary N) is 1. The highest BCUT2D eigenvalue weighted by atomic mass is 32.1. The first-order valence-corrected chi connectivity index (χ1v) is 10.5. The van der Waals surface area contributed by atoms with Crippen molar-refractivity contribution < 1.29 is 19.2 Å². The molecule has 2 aliphatic heterocycles. The molecule has 13 heteroatoms. The molecule has 0 radical (unpaired) electrons. The Hall–Kier alpha value is -4.23. The van der Waals surface area contributed by atoms with Gasteiger partial charge in [-0.2, -0.15) is 15.2 Å². The summed E-state index contributed by atoms with van der Waals surface area (Å²) in [5.41, 5.74) is 9.44. The number of ether oxygens (including phenoxy) is 1. The van der Waals surface area contributed by atoms with E-state index < -0.39 is 10.8 Å². The molecule has 0 bridgehead atoms. The van der Waals surface area contributed by atoms with Crippen molar-refractivity contribution in [3.05, 3.63) is 69.8 Å². The number of nitrogens with one attached hydrogen (secondary N) is 1. The van der Waals surface area contributed by atoms with Gasteiger partial charge in [-0.05, 0) is 36.5 Å². The number of thiocarbonyl (C=S) groups is 1. The zero-order valence-electron chi connectivity index (χ0n) is 17.7. The van der Waals surface area contributed by atoms with Crippen LogP contribution in [0.2, 0.25) is 0 Å². The SMILES string of the molecule is NC(=S)N1N=C(c2ccc([N+](=O)[O-])cc2)/C(=N\Nc2ccccc2C(=O)N2CCOCC2)C1=O. The molecule has 3 N–H and O–H groups in total. The summed E-state index contributed by atoms with van der Waals surface area (Å²) in [5.74, 6) is -0.872. The zero-order chi connectivity index (χ0) is 24.2. The number of hydrogen-bond acceptors (Lipinski definition) is 9. The predicted octanol–water partition coefficient (Wildman–Crippen LogP) is 1.33. The van der Waals surface area contributed by atoms with E-state index in [0.717, 1.165) is 5.01 Å². The van der Waals surface area contributed by atoms with E-state index in [1.807, 2.05) is 0 Å². The summed E-state index contributed by atoms with van der Waals surface area (Å²) in [4.78, 5) is 38.0. The van der Waals surface area contributed by atoms with Gasteiger partial charge in [0.2, 0.25) is 0 Å². The van der Waals surface area contributed by atoms with Gasteiger partial charge < -0.3 is 15.4 Å². The molecular formula is C21H19N7O5S. The number of nitro groups is 1. The molecule has 1 saturated heterocycles. The quantitative estimate of drug-likeness (QED) is 0.368. The maximum absolute atomic E-state index is 13.0. The van der Waals surface area contributed by atoms with Gasteiger partial charge in [-0.15, -0.1) is 0 Å². The Morgan fingerprint density at radius 1 is 1.18 bits per heavy atom. The van der Waals surface area contributed by atoms with Gasteiger partial charge >= 0.3 is 5.91 Å². The highest BCUT2D eigenvalue weighted by molar-refractivity contribution is 7.80. The standard InChI is InChI=1S/C21H19N7O5S/c22-21(34)27-20(30)18(17(25-27)13-5-7-14(8-6-13)28(31)32)24-23-16-4-2-1-3-15(16)19(29)26-9-11-33-12-10-26/h1-8,23H,9-12H2,(H2,22,34)/b24-18+. The third kappa shape index (κ3) is 4.60. The van der Waals surface area contributed by atoms with E-state index in [0.29, 0.717) is 43.1 Å². The molecule has 2 aromatic carbocycles. The summed E-state index contributed by atoms with van der Waals surface area (Å²) in [6.07, 6.45) is 0. The van der Waals surface area contributed by atoms with E-state index in [4.69, 9.17) is 22.7 Å². The lowest BCUT2D eigenvalue weighted by atomic mass is 10.1. The molecule has 2 aromatic rings.